The first-order valence-electron chi connectivity index (χ1n) is 7.36. The number of nitrogens with zero attached hydrogens (tertiary/aromatic N) is 5. The zero-order valence-corrected chi connectivity index (χ0v) is 13.7. The minimum absolute atomic E-state index is 0.127. The molecule has 24 heavy (non-hydrogen) atoms. The molecular weight excluding hydrogens is 306 g/mol. The number of amides is 1. The molecule has 122 valence electrons. The molecule has 0 N–H and O–H groups in total. The standard InChI is InChI=1S/C17H17N5O2/c1-12-5-4-6-14(9-12)21(2)17(23)13-7-8-16(24-3)15(10-13)22-11-18-19-20-22/h4-11H,1-3H3. The largest absolute Gasteiger partial charge is 0.494 e. The number of aromatic nitrogens is 4. The second-order valence-corrected chi connectivity index (χ2v) is 5.34. The van der Waals surface area contributed by atoms with Crippen LogP contribution in [0, 0.1) is 6.92 Å². The van der Waals surface area contributed by atoms with E-state index in [-0.39, 0.29) is 5.91 Å². The quantitative estimate of drug-likeness (QED) is 0.736. The first kappa shape index (κ1) is 15.7. The van der Waals surface area contributed by atoms with Crippen molar-refractivity contribution in [3.8, 4) is 11.4 Å². The second-order valence-electron chi connectivity index (χ2n) is 5.34. The average Bonchev–Trinajstić information content (AvgIpc) is 3.14. The maximum Gasteiger partial charge on any atom is 0.258 e. The van der Waals surface area contributed by atoms with Crippen LogP contribution >= 0.6 is 0 Å². The van der Waals surface area contributed by atoms with Gasteiger partial charge in [-0.1, -0.05) is 12.1 Å². The van der Waals surface area contributed by atoms with Crippen molar-refractivity contribution in [2.24, 2.45) is 0 Å². The van der Waals surface area contributed by atoms with Gasteiger partial charge in [0.05, 0.1) is 7.11 Å². The maximum atomic E-state index is 12.8. The lowest BCUT2D eigenvalue weighted by Crippen LogP contribution is -2.26. The van der Waals surface area contributed by atoms with Gasteiger partial charge in [-0.2, -0.15) is 4.68 Å². The number of rotatable bonds is 4. The number of benzene rings is 2. The number of aryl methyl sites for hydroxylation is 1. The van der Waals surface area contributed by atoms with Crippen LogP contribution < -0.4 is 9.64 Å². The Hall–Kier alpha value is -3.22. The van der Waals surface area contributed by atoms with Gasteiger partial charge in [0.15, 0.2) is 0 Å². The fraction of sp³-hybridized carbons (Fsp3) is 0.176. The molecule has 0 fully saturated rings. The van der Waals surface area contributed by atoms with Crippen LogP contribution in [0.3, 0.4) is 0 Å². The minimum Gasteiger partial charge on any atom is -0.494 e. The Morgan fingerprint density at radius 3 is 2.71 bits per heavy atom. The van der Waals surface area contributed by atoms with E-state index in [1.54, 1.807) is 37.3 Å². The molecule has 0 aliphatic carbocycles. The van der Waals surface area contributed by atoms with E-state index < -0.39 is 0 Å². The number of hydrogen-bond acceptors (Lipinski definition) is 5. The number of methoxy groups -OCH3 is 1. The minimum atomic E-state index is -0.127. The van der Waals surface area contributed by atoms with Crippen molar-refractivity contribution in [1.82, 2.24) is 20.2 Å². The number of carbonyl (C=O) groups is 1. The highest BCUT2D eigenvalue weighted by atomic mass is 16.5. The lowest BCUT2D eigenvalue weighted by molar-refractivity contribution is 0.0993. The highest BCUT2D eigenvalue weighted by Crippen LogP contribution is 2.25. The average molecular weight is 323 g/mol. The van der Waals surface area contributed by atoms with E-state index >= 15 is 0 Å². The van der Waals surface area contributed by atoms with Crippen LogP contribution in [0.25, 0.3) is 5.69 Å². The molecule has 1 heterocycles. The van der Waals surface area contributed by atoms with Crippen LogP contribution in [-0.4, -0.2) is 40.3 Å². The highest BCUT2D eigenvalue weighted by molar-refractivity contribution is 6.06. The van der Waals surface area contributed by atoms with E-state index in [2.05, 4.69) is 15.5 Å². The lowest BCUT2D eigenvalue weighted by atomic mass is 10.1. The zero-order chi connectivity index (χ0) is 17.1. The van der Waals surface area contributed by atoms with Crippen molar-refractivity contribution in [2.75, 3.05) is 19.1 Å². The van der Waals surface area contributed by atoms with Gasteiger partial charge in [0, 0.05) is 18.3 Å². The summed E-state index contributed by atoms with van der Waals surface area (Å²) in [6, 6.07) is 12.9. The predicted octanol–water partition coefficient (Wildman–Crippen LogP) is 2.26. The van der Waals surface area contributed by atoms with Crippen molar-refractivity contribution >= 4 is 11.6 Å². The van der Waals surface area contributed by atoms with Crippen LogP contribution in [0.4, 0.5) is 5.69 Å². The SMILES string of the molecule is COc1ccc(C(=O)N(C)c2cccc(C)c2)cc1-n1cnnn1. The van der Waals surface area contributed by atoms with Crippen LogP contribution in [-0.2, 0) is 0 Å². The Labute approximate surface area is 139 Å². The summed E-state index contributed by atoms with van der Waals surface area (Å²) < 4.78 is 6.78. The van der Waals surface area contributed by atoms with Crippen LogP contribution in [0.1, 0.15) is 15.9 Å². The third kappa shape index (κ3) is 2.96. The molecule has 0 aliphatic rings. The highest BCUT2D eigenvalue weighted by Gasteiger charge is 2.17. The zero-order valence-electron chi connectivity index (χ0n) is 13.7. The van der Waals surface area contributed by atoms with Gasteiger partial charge in [-0.15, -0.1) is 5.10 Å². The Bertz CT molecular complexity index is 861. The summed E-state index contributed by atoms with van der Waals surface area (Å²) in [6.07, 6.45) is 1.45. The third-order valence-electron chi connectivity index (χ3n) is 3.72. The van der Waals surface area contributed by atoms with E-state index in [0.717, 1.165) is 11.3 Å². The lowest BCUT2D eigenvalue weighted by Gasteiger charge is -2.19. The Morgan fingerprint density at radius 2 is 2.04 bits per heavy atom. The van der Waals surface area contributed by atoms with Crippen LogP contribution in [0.15, 0.2) is 48.8 Å². The first-order valence-corrected chi connectivity index (χ1v) is 7.36. The molecule has 0 saturated heterocycles. The molecule has 0 bridgehead atoms. The molecule has 1 amide bonds. The van der Waals surface area contributed by atoms with E-state index in [1.807, 2.05) is 31.2 Å². The monoisotopic (exact) mass is 323 g/mol. The van der Waals surface area contributed by atoms with E-state index in [9.17, 15) is 4.79 Å². The molecule has 0 atom stereocenters. The topological polar surface area (TPSA) is 73.1 Å². The smallest absolute Gasteiger partial charge is 0.258 e. The van der Waals surface area contributed by atoms with Crippen LogP contribution in [0.2, 0.25) is 0 Å². The van der Waals surface area contributed by atoms with Crippen LogP contribution in [0.5, 0.6) is 5.75 Å². The molecular formula is C17H17N5O2. The Morgan fingerprint density at radius 1 is 1.21 bits per heavy atom. The van der Waals surface area contributed by atoms with E-state index in [0.29, 0.717) is 17.0 Å². The third-order valence-corrected chi connectivity index (χ3v) is 3.72. The molecule has 7 nitrogen and oxygen atoms in total. The molecule has 3 rings (SSSR count). The first-order chi connectivity index (χ1) is 11.6. The van der Waals surface area contributed by atoms with Gasteiger partial charge in [-0.3, -0.25) is 4.79 Å². The summed E-state index contributed by atoms with van der Waals surface area (Å²) in [5.41, 5.74) is 3.05. The molecule has 0 spiro atoms. The van der Waals surface area contributed by atoms with E-state index in [4.69, 9.17) is 4.74 Å². The Kier molecular flexibility index (Phi) is 4.24. The maximum absolute atomic E-state index is 12.8. The fourth-order valence-corrected chi connectivity index (χ4v) is 2.42. The van der Waals surface area contributed by atoms with Crippen molar-refractivity contribution in [1.29, 1.82) is 0 Å². The van der Waals surface area contributed by atoms with E-state index in [1.165, 1.54) is 11.0 Å². The van der Waals surface area contributed by atoms with Crippen molar-refractivity contribution < 1.29 is 9.53 Å². The molecule has 1 aromatic heterocycles. The van der Waals surface area contributed by atoms with Crippen molar-refractivity contribution in [3.63, 3.8) is 0 Å². The molecule has 0 unspecified atom stereocenters. The number of carbonyl (C=O) groups excluding carboxylic acids is 1. The summed E-state index contributed by atoms with van der Waals surface area (Å²) in [6.45, 7) is 1.99. The van der Waals surface area contributed by atoms with Gasteiger partial charge >= 0.3 is 0 Å². The summed E-state index contributed by atoms with van der Waals surface area (Å²) in [7, 11) is 3.31. The number of ether oxygens (including phenoxy) is 1. The molecule has 0 aliphatic heterocycles. The van der Waals surface area contributed by atoms with Gasteiger partial charge in [-0.05, 0) is 53.2 Å². The predicted molar refractivity (Wildman–Crippen MR) is 89.6 cm³/mol. The van der Waals surface area contributed by atoms with Gasteiger partial charge < -0.3 is 9.64 Å². The number of tetrazole rings is 1. The van der Waals surface area contributed by atoms with Gasteiger partial charge in [0.25, 0.3) is 5.91 Å². The summed E-state index contributed by atoms with van der Waals surface area (Å²) >= 11 is 0. The second kappa shape index (κ2) is 6.49. The molecule has 0 saturated carbocycles. The Balaban J connectivity index is 1.97. The molecule has 0 radical (unpaired) electrons. The van der Waals surface area contributed by atoms with Crippen molar-refractivity contribution in [2.45, 2.75) is 6.92 Å². The number of anilines is 1. The van der Waals surface area contributed by atoms with Gasteiger partial charge in [0.2, 0.25) is 0 Å². The molecule has 7 heteroatoms. The normalized spacial score (nSPS) is 10.5. The summed E-state index contributed by atoms with van der Waals surface area (Å²) in [5, 5.41) is 11.1. The molecule has 3 aromatic rings. The van der Waals surface area contributed by atoms with Gasteiger partial charge in [0.1, 0.15) is 17.8 Å². The summed E-state index contributed by atoms with van der Waals surface area (Å²) in [4.78, 5) is 14.4. The molecule has 2 aromatic carbocycles. The number of hydrogen-bond donors (Lipinski definition) is 0. The summed E-state index contributed by atoms with van der Waals surface area (Å²) in [5.74, 6) is 0.453. The van der Waals surface area contributed by atoms with Gasteiger partial charge in [-0.25, -0.2) is 0 Å². The van der Waals surface area contributed by atoms with Crippen molar-refractivity contribution in [3.05, 3.63) is 59.9 Å². The fourth-order valence-electron chi connectivity index (χ4n) is 2.42.